The van der Waals surface area contributed by atoms with Crippen molar-refractivity contribution in [1.29, 1.82) is 0 Å². The van der Waals surface area contributed by atoms with Gasteiger partial charge in [0.2, 0.25) is 0 Å². The molecule has 0 bridgehead atoms. The van der Waals surface area contributed by atoms with Crippen molar-refractivity contribution in [2.24, 2.45) is 0 Å². The lowest BCUT2D eigenvalue weighted by Crippen LogP contribution is -1.93. The van der Waals surface area contributed by atoms with Crippen molar-refractivity contribution in [3.8, 4) is 0 Å². The van der Waals surface area contributed by atoms with Crippen LogP contribution in [-0.2, 0) is 0 Å². The van der Waals surface area contributed by atoms with Crippen LogP contribution in [0.3, 0.4) is 0 Å². The molecule has 1 rings (SSSR count). The molecule has 0 spiro atoms. The molecule has 0 atom stereocenters. The minimum atomic E-state index is 0.421. The van der Waals surface area contributed by atoms with Crippen LogP contribution < -0.4 is 5.32 Å². The Hall–Kier alpha value is -0.0200. The second-order valence-corrected chi connectivity index (χ2v) is 3.43. The first kappa shape index (κ1) is 10.1. The van der Waals surface area contributed by atoms with Gasteiger partial charge in [0, 0.05) is 5.02 Å². The Labute approximate surface area is 90.6 Å². The Bertz CT molecular complexity index is 291. The fraction of sp³-hybridized carbons (Fsp3) is 0. The van der Waals surface area contributed by atoms with Gasteiger partial charge in [0.05, 0.1) is 15.7 Å². The molecule has 0 aliphatic rings. The molecule has 1 aromatic rings. The van der Waals surface area contributed by atoms with Gasteiger partial charge >= 0.3 is 0 Å². The van der Waals surface area contributed by atoms with Gasteiger partial charge in [0.1, 0.15) is 5.49 Å². The standard InChI is InChI=1S/C7H3Cl3NS/c8-4-1-5(9)7(11-3-12)6(10)2-4/h1-2H,(H,11,12). The van der Waals surface area contributed by atoms with E-state index >= 15 is 0 Å². The number of thiocarbonyl (C=S) groups is 1. The molecule has 0 aromatic heterocycles. The maximum Gasteiger partial charge on any atom is 0.138 e. The predicted molar refractivity (Wildman–Crippen MR) is 57.7 cm³/mol. The van der Waals surface area contributed by atoms with Crippen molar-refractivity contribution >= 4 is 58.2 Å². The molecule has 0 heterocycles. The quantitative estimate of drug-likeness (QED) is 0.621. The van der Waals surface area contributed by atoms with E-state index in [0.29, 0.717) is 20.8 Å². The maximum absolute atomic E-state index is 5.80. The number of hydrogen-bond acceptors (Lipinski definition) is 1. The molecule has 0 aliphatic heterocycles. The first-order chi connectivity index (χ1) is 5.65. The summed E-state index contributed by atoms with van der Waals surface area (Å²) in [6.45, 7) is 0. The summed E-state index contributed by atoms with van der Waals surface area (Å²) in [6, 6.07) is 3.15. The molecule has 1 nitrogen and oxygen atoms in total. The van der Waals surface area contributed by atoms with Crippen LogP contribution in [0.2, 0.25) is 15.1 Å². The Morgan fingerprint density at radius 1 is 1.17 bits per heavy atom. The van der Waals surface area contributed by atoms with Crippen LogP contribution in [0.1, 0.15) is 0 Å². The third-order valence-corrected chi connectivity index (χ3v) is 2.10. The van der Waals surface area contributed by atoms with E-state index in [1.165, 1.54) is 0 Å². The third kappa shape index (κ3) is 2.23. The van der Waals surface area contributed by atoms with E-state index in [1.807, 2.05) is 0 Å². The fourth-order valence-corrected chi connectivity index (χ4v) is 1.73. The Kier molecular flexibility index (Phi) is 3.59. The van der Waals surface area contributed by atoms with Crippen molar-refractivity contribution in [1.82, 2.24) is 0 Å². The summed E-state index contributed by atoms with van der Waals surface area (Å²) in [5.74, 6) is 0. The van der Waals surface area contributed by atoms with Crippen molar-refractivity contribution in [2.75, 3.05) is 5.32 Å². The Balaban J connectivity index is 3.18. The van der Waals surface area contributed by atoms with Crippen LogP contribution in [0.4, 0.5) is 5.69 Å². The number of anilines is 1. The third-order valence-electron chi connectivity index (χ3n) is 1.18. The molecule has 0 saturated carbocycles. The monoisotopic (exact) mass is 238 g/mol. The van der Waals surface area contributed by atoms with Gasteiger partial charge in [-0.2, -0.15) is 0 Å². The molecule has 0 saturated heterocycles. The molecule has 1 radical (unpaired) electrons. The summed E-state index contributed by atoms with van der Waals surface area (Å²) in [4.78, 5) is 0. The lowest BCUT2D eigenvalue weighted by Gasteiger charge is -2.05. The Morgan fingerprint density at radius 3 is 2.08 bits per heavy atom. The van der Waals surface area contributed by atoms with Crippen LogP contribution >= 0.6 is 47.0 Å². The van der Waals surface area contributed by atoms with Crippen LogP contribution in [0.25, 0.3) is 0 Å². The van der Waals surface area contributed by atoms with Gasteiger partial charge in [0.25, 0.3) is 0 Å². The minimum absolute atomic E-state index is 0.421. The lowest BCUT2D eigenvalue weighted by molar-refractivity contribution is 1.66. The molecule has 12 heavy (non-hydrogen) atoms. The van der Waals surface area contributed by atoms with Crippen LogP contribution in [0.15, 0.2) is 12.1 Å². The first-order valence-corrected chi connectivity index (χ1v) is 4.47. The van der Waals surface area contributed by atoms with Crippen LogP contribution in [0, 0.1) is 0 Å². The van der Waals surface area contributed by atoms with Gasteiger partial charge in [0.15, 0.2) is 0 Å². The SMILES string of the molecule is S=[C]Nc1c(Cl)cc(Cl)cc1Cl. The summed E-state index contributed by atoms with van der Waals surface area (Å²) in [6.07, 6.45) is 0. The highest BCUT2D eigenvalue weighted by atomic mass is 35.5. The molecule has 5 heteroatoms. The van der Waals surface area contributed by atoms with Crippen LogP contribution in [-0.4, -0.2) is 5.49 Å². The molecular formula is C7H3Cl3NS. The molecule has 63 valence electrons. The number of rotatable bonds is 2. The second-order valence-electron chi connectivity index (χ2n) is 1.97. The lowest BCUT2D eigenvalue weighted by atomic mass is 10.3. The van der Waals surface area contributed by atoms with Gasteiger partial charge in [-0.25, -0.2) is 0 Å². The number of halogens is 3. The smallest absolute Gasteiger partial charge is 0.138 e. The fourth-order valence-electron chi connectivity index (χ4n) is 0.713. The van der Waals surface area contributed by atoms with Crippen molar-refractivity contribution in [3.63, 3.8) is 0 Å². The number of nitrogens with one attached hydrogen (secondary N) is 1. The zero-order valence-corrected chi connectivity index (χ0v) is 8.78. The van der Waals surface area contributed by atoms with Gasteiger partial charge in [-0.1, -0.05) is 47.0 Å². The summed E-state index contributed by atoms with van der Waals surface area (Å²) in [5, 5.41) is 3.94. The van der Waals surface area contributed by atoms with E-state index in [1.54, 1.807) is 12.1 Å². The van der Waals surface area contributed by atoms with E-state index in [9.17, 15) is 0 Å². The predicted octanol–water partition coefficient (Wildman–Crippen LogP) is 3.89. The summed E-state index contributed by atoms with van der Waals surface area (Å²) >= 11 is 21.7. The highest BCUT2D eigenvalue weighted by molar-refractivity contribution is 7.79. The maximum atomic E-state index is 5.80. The zero-order valence-electron chi connectivity index (χ0n) is 5.70. The Morgan fingerprint density at radius 2 is 1.67 bits per heavy atom. The molecule has 0 aliphatic carbocycles. The minimum Gasteiger partial charge on any atom is -0.342 e. The van der Waals surface area contributed by atoms with Gasteiger partial charge in [-0.05, 0) is 12.1 Å². The normalized spacial score (nSPS) is 9.58. The van der Waals surface area contributed by atoms with E-state index in [4.69, 9.17) is 34.8 Å². The average Bonchev–Trinajstić information content (AvgIpc) is 1.96. The molecule has 0 unspecified atom stereocenters. The summed E-state index contributed by atoms with van der Waals surface area (Å²) in [5.41, 5.74) is 2.83. The molecule has 0 amide bonds. The largest absolute Gasteiger partial charge is 0.342 e. The number of hydrogen-bond donors (Lipinski definition) is 1. The second kappa shape index (κ2) is 4.28. The summed E-state index contributed by atoms with van der Waals surface area (Å²) < 4.78 is 0. The first-order valence-electron chi connectivity index (χ1n) is 2.93. The molecular weight excluding hydrogens is 237 g/mol. The van der Waals surface area contributed by atoms with Crippen molar-refractivity contribution in [3.05, 3.63) is 27.2 Å². The van der Waals surface area contributed by atoms with Crippen molar-refractivity contribution < 1.29 is 0 Å². The van der Waals surface area contributed by atoms with Gasteiger partial charge in [-0.15, -0.1) is 0 Å². The number of benzene rings is 1. The van der Waals surface area contributed by atoms with E-state index in [-0.39, 0.29) is 0 Å². The van der Waals surface area contributed by atoms with Crippen LogP contribution in [0.5, 0.6) is 0 Å². The summed E-state index contributed by atoms with van der Waals surface area (Å²) in [7, 11) is 0. The average molecular weight is 240 g/mol. The van der Waals surface area contributed by atoms with Gasteiger partial charge < -0.3 is 5.32 Å². The van der Waals surface area contributed by atoms with Gasteiger partial charge in [-0.3, -0.25) is 0 Å². The molecule has 0 fully saturated rings. The van der Waals surface area contributed by atoms with Crippen molar-refractivity contribution in [2.45, 2.75) is 0 Å². The highest BCUT2D eigenvalue weighted by Crippen LogP contribution is 2.33. The van der Waals surface area contributed by atoms with E-state index in [2.05, 4.69) is 23.0 Å². The highest BCUT2D eigenvalue weighted by Gasteiger charge is 2.05. The van der Waals surface area contributed by atoms with E-state index < -0.39 is 0 Å². The molecule has 1 aromatic carbocycles. The molecule has 1 N–H and O–H groups in total. The van der Waals surface area contributed by atoms with E-state index in [0.717, 1.165) is 0 Å². The topological polar surface area (TPSA) is 12.0 Å². The zero-order chi connectivity index (χ0) is 9.14.